The molecule has 7 heteroatoms. The minimum Gasteiger partial charge on any atom is -0.488 e. The molecular weight excluding hydrogens is 330 g/mol. The zero-order valence-corrected chi connectivity index (χ0v) is 14.7. The highest BCUT2D eigenvalue weighted by molar-refractivity contribution is 6.34. The van der Waals surface area contributed by atoms with Gasteiger partial charge in [-0.2, -0.15) is 0 Å². The molecule has 0 bridgehead atoms. The zero-order valence-electron chi connectivity index (χ0n) is 14.0. The molecule has 0 saturated carbocycles. The van der Waals surface area contributed by atoms with E-state index in [2.05, 4.69) is 9.97 Å². The van der Waals surface area contributed by atoms with E-state index in [0.29, 0.717) is 24.0 Å². The average molecular weight is 350 g/mol. The van der Waals surface area contributed by atoms with E-state index in [0.717, 1.165) is 17.3 Å². The summed E-state index contributed by atoms with van der Waals surface area (Å²) < 4.78 is 11.4. The van der Waals surface area contributed by atoms with Gasteiger partial charge in [-0.25, -0.2) is 14.8 Å². The van der Waals surface area contributed by atoms with E-state index >= 15 is 0 Å². The highest BCUT2D eigenvalue weighted by Crippen LogP contribution is 2.26. The smallest absolute Gasteiger partial charge is 0.410 e. The Kier molecular flexibility index (Phi) is 4.49. The van der Waals surface area contributed by atoms with Gasteiger partial charge in [0.05, 0.1) is 12.1 Å². The minimum absolute atomic E-state index is 0.0709. The summed E-state index contributed by atoms with van der Waals surface area (Å²) in [5.74, 6) is 0.690. The van der Waals surface area contributed by atoms with Crippen molar-refractivity contribution in [3.63, 3.8) is 0 Å². The summed E-state index contributed by atoms with van der Waals surface area (Å²) in [5, 5.41) is 1.14. The summed E-state index contributed by atoms with van der Waals surface area (Å²) in [6, 6.07) is 5.52. The van der Waals surface area contributed by atoms with E-state index in [1.807, 2.05) is 39.0 Å². The molecule has 1 aromatic carbocycles. The van der Waals surface area contributed by atoms with Gasteiger partial charge in [0.1, 0.15) is 28.9 Å². The molecule has 6 nitrogen and oxygen atoms in total. The first kappa shape index (κ1) is 16.8. The van der Waals surface area contributed by atoms with Gasteiger partial charge in [-0.3, -0.25) is 0 Å². The van der Waals surface area contributed by atoms with Gasteiger partial charge in [-0.1, -0.05) is 11.6 Å². The van der Waals surface area contributed by atoms with Crippen LogP contribution in [0.5, 0.6) is 5.75 Å². The third-order valence-electron chi connectivity index (χ3n) is 3.66. The fourth-order valence-corrected chi connectivity index (χ4v) is 2.78. The number of hydrogen-bond donors (Lipinski definition) is 0. The lowest BCUT2D eigenvalue weighted by Crippen LogP contribution is -2.36. The standard InChI is InChI=1S/C17H20ClN3O3/c1-17(2,3)24-16(22)21-7-6-12(9-21)23-11-4-5-14-13(8-11)15(18)20-10-19-14/h4-5,8,10,12H,6-7,9H2,1-3H3/t12-/m0/s1. The Morgan fingerprint density at radius 1 is 1.33 bits per heavy atom. The summed E-state index contributed by atoms with van der Waals surface area (Å²) in [6.45, 7) is 6.70. The maximum absolute atomic E-state index is 12.1. The molecule has 128 valence electrons. The van der Waals surface area contributed by atoms with Crippen molar-refractivity contribution in [2.45, 2.75) is 38.9 Å². The molecule has 0 unspecified atom stereocenters. The van der Waals surface area contributed by atoms with Crippen LogP contribution in [-0.4, -0.2) is 45.8 Å². The molecule has 1 aromatic heterocycles. The molecule has 2 aromatic rings. The number of benzene rings is 1. The van der Waals surface area contributed by atoms with Crippen LogP contribution in [0.15, 0.2) is 24.5 Å². The predicted octanol–water partition coefficient (Wildman–Crippen LogP) is 3.67. The first-order chi connectivity index (χ1) is 11.3. The molecular formula is C17H20ClN3O3. The predicted molar refractivity (Wildman–Crippen MR) is 91.4 cm³/mol. The number of amides is 1. The highest BCUT2D eigenvalue weighted by Gasteiger charge is 2.30. The first-order valence-corrected chi connectivity index (χ1v) is 8.24. The molecule has 0 spiro atoms. The quantitative estimate of drug-likeness (QED) is 0.774. The van der Waals surface area contributed by atoms with Crippen molar-refractivity contribution < 1.29 is 14.3 Å². The molecule has 0 radical (unpaired) electrons. The summed E-state index contributed by atoms with van der Waals surface area (Å²) in [6.07, 6.45) is 1.82. The fourth-order valence-electron chi connectivity index (χ4n) is 2.59. The maximum atomic E-state index is 12.1. The van der Waals surface area contributed by atoms with E-state index in [1.54, 1.807) is 4.90 Å². The summed E-state index contributed by atoms with van der Waals surface area (Å²) in [7, 11) is 0. The number of aromatic nitrogens is 2. The maximum Gasteiger partial charge on any atom is 0.410 e. The van der Waals surface area contributed by atoms with Crippen molar-refractivity contribution in [1.29, 1.82) is 0 Å². The normalized spacial score (nSPS) is 18.0. The van der Waals surface area contributed by atoms with Crippen LogP contribution >= 0.6 is 11.6 Å². The Bertz CT molecular complexity index is 760. The van der Waals surface area contributed by atoms with E-state index in [4.69, 9.17) is 21.1 Å². The minimum atomic E-state index is -0.495. The lowest BCUT2D eigenvalue weighted by Gasteiger charge is -2.24. The van der Waals surface area contributed by atoms with Crippen LogP contribution in [0, 0.1) is 0 Å². The van der Waals surface area contributed by atoms with E-state index in [-0.39, 0.29) is 12.2 Å². The van der Waals surface area contributed by atoms with Crippen LogP contribution in [0.1, 0.15) is 27.2 Å². The Labute approximate surface area is 145 Å². The number of rotatable bonds is 2. The van der Waals surface area contributed by atoms with Gasteiger partial charge in [-0.05, 0) is 39.0 Å². The van der Waals surface area contributed by atoms with Crippen molar-refractivity contribution in [3.05, 3.63) is 29.7 Å². The number of likely N-dealkylation sites (tertiary alicyclic amines) is 1. The molecule has 1 fully saturated rings. The van der Waals surface area contributed by atoms with Gasteiger partial charge in [-0.15, -0.1) is 0 Å². The summed E-state index contributed by atoms with van der Waals surface area (Å²) in [4.78, 5) is 21.9. The van der Waals surface area contributed by atoms with Gasteiger partial charge in [0.2, 0.25) is 0 Å². The molecule has 0 aliphatic carbocycles. The van der Waals surface area contributed by atoms with E-state index < -0.39 is 5.60 Å². The molecule has 0 N–H and O–H groups in total. The van der Waals surface area contributed by atoms with Crippen LogP contribution in [0.25, 0.3) is 10.9 Å². The summed E-state index contributed by atoms with van der Waals surface area (Å²) in [5.41, 5.74) is 0.273. The largest absolute Gasteiger partial charge is 0.488 e. The van der Waals surface area contributed by atoms with Gasteiger partial charge in [0, 0.05) is 18.4 Å². The zero-order chi connectivity index (χ0) is 17.3. The fraction of sp³-hybridized carbons (Fsp3) is 0.471. The topological polar surface area (TPSA) is 64.5 Å². The van der Waals surface area contributed by atoms with Crippen molar-refractivity contribution in [2.75, 3.05) is 13.1 Å². The number of carbonyl (C=O) groups excluding carboxylic acids is 1. The molecule has 1 aliphatic heterocycles. The third-order valence-corrected chi connectivity index (χ3v) is 3.96. The Morgan fingerprint density at radius 3 is 2.88 bits per heavy atom. The number of hydrogen-bond acceptors (Lipinski definition) is 5. The van der Waals surface area contributed by atoms with Gasteiger partial charge < -0.3 is 14.4 Å². The van der Waals surface area contributed by atoms with Crippen molar-refractivity contribution in [1.82, 2.24) is 14.9 Å². The van der Waals surface area contributed by atoms with Crippen molar-refractivity contribution >= 4 is 28.6 Å². The average Bonchev–Trinajstić information content (AvgIpc) is 2.95. The molecule has 1 saturated heterocycles. The van der Waals surface area contributed by atoms with Crippen LogP contribution in [-0.2, 0) is 4.74 Å². The van der Waals surface area contributed by atoms with Gasteiger partial charge in [0.15, 0.2) is 0 Å². The number of fused-ring (bicyclic) bond motifs is 1. The lowest BCUT2D eigenvalue weighted by atomic mass is 10.2. The second kappa shape index (κ2) is 6.43. The molecule has 2 heterocycles. The van der Waals surface area contributed by atoms with Crippen LogP contribution in [0.4, 0.5) is 4.79 Å². The SMILES string of the molecule is CC(C)(C)OC(=O)N1CC[C@H](Oc2ccc3ncnc(Cl)c3c2)C1. The number of halogens is 1. The number of ether oxygens (including phenoxy) is 2. The lowest BCUT2D eigenvalue weighted by molar-refractivity contribution is 0.0275. The molecule has 24 heavy (non-hydrogen) atoms. The third kappa shape index (κ3) is 3.87. The monoisotopic (exact) mass is 349 g/mol. The van der Waals surface area contributed by atoms with Crippen molar-refractivity contribution in [2.24, 2.45) is 0 Å². The number of nitrogens with zero attached hydrogens (tertiary/aromatic N) is 3. The second-order valence-corrected chi connectivity index (χ2v) is 7.16. The molecule has 1 amide bonds. The first-order valence-electron chi connectivity index (χ1n) is 7.87. The Morgan fingerprint density at radius 2 is 2.12 bits per heavy atom. The second-order valence-electron chi connectivity index (χ2n) is 6.80. The Hall–Kier alpha value is -2.08. The number of carbonyl (C=O) groups is 1. The van der Waals surface area contributed by atoms with Gasteiger partial charge >= 0.3 is 6.09 Å². The van der Waals surface area contributed by atoms with E-state index in [9.17, 15) is 4.79 Å². The molecule has 3 rings (SSSR count). The molecule has 1 aliphatic rings. The van der Waals surface area contributed by atoms with E-state index in [1.165, 1.54) is 6.33 Å². The van der Waals surface area contributed by atoms with Crippen LogP contribution < -0.4 is 4.74 Å². The van der Waals surface area contributed by atoms with Crippen molar-refractivity contribution in [3.8, 4) is 5.75 Å². The Balaban J connectivity index is 1.65. The van der Waals surface area contributed by atoms with Crippen LogP contribution in [0.2, 0.25) is 5.15 Å². The van der Waals surface area contributed by atoms with Crippen LogP contribution in [0.3, 0.4) is 0 Å². The summed E-state index contributed by atoms with van der Waals surface area (Å²) >= 11 is 6.10. The molecule has 1 atom stereocenters. The van der Waals surface area contributed by atoms with Gasteiger partial charge in [0.25, 0.3) is 0 Å². The highest BCUT2D eigenvalue weighted by atomic mass is 35.5.